The van der Waals surface area contributed by atoms with Gasteiger partial charge in [0.25, 0.3) is 5.91 Å². The lowest BCUT2D eigenvalue weighted by Gasteiger charge is -2.06. The van der Waals surface area contributed by atoms with E-state index in [2.05, 4.69) is 22.8 Å². The standard InChI is InChI=1S/C30H40ClN3O4/c1-2-3-4-5-6-7-8-9-10-11-12-17-28(35)32-23-29(36)34-33-22-24-18-20-25(21-19-24)38-30(37)26-15-13-14-16-27(26)31/h13-16,18-22H,2-12,17,23H2,1H3,(H,32,35)(H,34,36)/b33-22+. The van der Waals surface area contributed by atoms with E-state index in [0.717, 1.165) is 19.3 Å². The van der Waals surface area contributed by atoms with Crippen molar-refractivity contribution in [2.75, 3.05) is 6.54 Å². The lowest BCUT2D eigenvalue weighted by molar-refractivity contribution is -0.126. The smallest absolute Gasteiger partial charge is 0.345 e. The van der Waals surface area contributed by atoms with Gasteiger partial charge in [-0.05, 0) is 48.4 Å². The summed E-state index contributed by atoms with van der Waals surface area (Å²) in [7, 11) is 0. The maximum Gasteiger partial charge on any atom is 0.345 e. The number of hydrazone groups is 1. The fourth-order valence-electron chi connectivity index (χ4n) is 3.85. The van der Waals surface area contributed by atoms with Crippen LogP contribution in [0.5, 0.6) is 5.75 Å². The van der Waals surface area contributed by atoms with Gasteiger partial charge in [-0.1, -0.05) is 94.9 Å². The molecular formula is C30H40ClN3O4. The quantitative estimate of drug-likeness (QED) is 0.0710. The van der Waals surface area contributed by atoms with Crippen LogP contribution in [0.4, 0.5) is 0 Å². The Morgan fingerprint density at radius 3 is 2.05 bits per heavy atom. The van der Waals surface area contributed by atoms with Gasteiger partial charge in [-0.3, -0.25) is 9.59 Å². The van der Waals surface area contributed by atoms with Crippen LogP contribution in [0.3, 0.4) is 0 Å². The summed E-state index contributed by atoms with van der Waals surface area (Å²) >= 11 is 6.02. The third-order valence-corrected chi connectivity index (χ3v) is 6.37. The average Bonchev–Trinajstić information content (AvgIpc) is 2.91. The molecule has 0 atom stereocenters. The Balaban J connectivity index is 1.54. The van der Waals surface area contributed by atoms with E-state index in [1.54, 1.807) is 48.5 Å². The van der Waals surface area contributed by atoms with Crippen molar-refractivity contribution in [1.82, 2.24) is 10.7 Å². The molecule has 0 saturated carbocycles. The number of nitrogens with one attached hydrogen (secondary N) is 2. The molecule has 38 heavy (non-hydrogen) atoms. The number of unbranched alkanes of at least 4 members (excludes halogenated alkanes) is 10. The number of ether oxygens (including phenoxy) is 1. The number of rotatable bonds is 18. The predicted octanol–water partition coefficient (Wildman–Crippen LogP) is 6.83. The maximum absolute atomic E-state index is 12.2. The van der Waals surface area contributed by atoms with Gasteiger partial charge in [0.2, 0.25) is 5.91 Å². The zero-order chi connectivity index (χ0) is 27.4. The number of nitrogens with zero attached hydrogens (tertiary/aromatic N) is 1. The van der Waals surface area contributed by atoms with Gasteiger partial charge in [0.1, 0.15) is 5.75 Å². The van der Waals surface area contributed by atoms with Crippen molar-refractivity contribution in [2.24, 2.45) is 5.10 Å². The molecule has 2 aromatic rings. The molecule has 0 saturated heterocycles. The second-order valence-corrected chi connectivity index (χ2v) is 9.70. The second-order valence-electron chi connectivity index (χ2n) is 9.29. The van der Waals surface area contributed by atoms with Crippen LogP contribution in [0.15, 0.2) is 53.6 Å². The van der Waals surface area contributed by atoms with E-state index in [-0.39, 0.29) is 18.0 Å². The highest BCUT2D eigenvalue weighted by Gasteiger charge is 2.12. The molecule has 0 heterocycles. The topological polar surface area (TPSA) is 96.9 Å². The van der Waals surface area contributed by atoms with E-state index < -0.39 is 11.9 Å². The van der Waals surface area contributed by atoms with E-state index in [1.807, 2.05) is 0 Å². The van der Waals surface area contributed by atoms with E-state index >= 15 is 0 Å². The molecule has 0 bridgehead atoms. The molecular weight excluding hydrogens is 502 g/mol. The van der Waals surface area contributed by atoms with Gasteiger partial charge in [-0.2, -0.15) is 5.10 Å². The number of esters is 1. The van der Waals surface area contributed by atoms with Crippen LogP contribution >= 0.6 is 11.6 Å². The Hall–Kier alpha value is -3.19. The number of carbonyl (C=O) groups is 3. The molecule has 0 spiro atoms. The highest BCUT2D eigenvalue weighted by atomic mass is 35.5. The van der Waals surface area contributed by atoms with Gasteiger partial charge in [0, 0.05) is 6.42 Å². The molecule has 0 aromatic heterocycles. The number of hydrogen-bond acceptors (Lipinski definition) is 5. The van der Waals surface area contributed by atoms with Crippen molar-refractivity contribution in [3.8, 4) is 5.75 Å². The number of benzene rings is 2. The van der Waals surface area contributed by atoms with Gasteiger partial charge in [0.15, 0.2) is 0 Å². The molecule has 2 aromatic carbocycles. The fraction of sp³-hybridized carbons (Fsp3) is 0.467. The molecule has 206 valence electrons. The first-order valence-corrected chi connectivity index (χ1v) is 14.0. The maximum atomic E-state index is 12.2. The minimum atomic E-state index is -0.546. The first kappa shape index (κ1) is 31.0. The van der Waals surface area contributed by atoms with E-state index in [4.69, 9.17) is 16.3 Å². The Morgan fingerprint density at radius 1 is 0.816 bits per heavy atom. The summed E-state index contributed by atoms with van der Waals surface area (Å²) < 4.78 is 5.33. The molecule has 2 amide bonds. The largest absolute Gasteiger partial charge is 0.423 e. The summed E-state index contributed by atoms with van der Waals surface area (Å²) in [6, 6.07) is 13.3. The van der Waals surface area contributed by atoms with Gasteiger partial charge in [0.05, 0.1) is 23.3 Å². The molecule has 7 nitrogen and oxygen atoms in total. The van der Waals surface area contributed by atoms with Crippen LogP contribution in [0, 0.1) is 0 Å². The van der Waals surface area contributed by atoms with Gasteiger partial charge in [-0.25, -0.2) is 10.2 Å². The van der Waals surface area contributed by atoms with Crippen LogP contribution in [-0.4, -0.2) is 30.5 Å². The van der Waals surface area contributed by atoms with Crippen LogP contribution in [-0.2, 0) is 9.59 Å². The molecule has 0 aliphatic heterocycles. The minimum absolute atomic E-state index is 0.120. The zero-order valence-electron chi connectivity index (χ0n) is 22.3. The highest BCUT2D eigenvalue weighted by molar-refractivity contribution is 6.33. The second kappa shape index (κ2) is 19.0. The summed E-state index contributed by atoms with van der Waals surface area (Å²) in [6.07, 6.45) is 15.4. The molecule has 2 rings (SSSR count). The van der Waals surface area contributed by atoms with Crippen LogP contribution < -0.4 is 15.5 Å². The monoisotopic (exact) mass is 541 g/mol. The predicted molar refractivity (Wildman–Crippen MR) is 153 cm³/mol. The molecule has 2 N–H and O–H groups in total. The minimum Gasteiger partial charge on any atom is -0.423 e. The first-order valence-electron chi connectivity index (χ1n) is 13.6. The summed E-state index contributed by atoms with van der Waals surface area (Å²) in [6.45, 7) is 2.12. The highest BCUT2D eigenvalue weighted by Crippen LogP contribution is 2.19. The van der Waals surface area contributed by atoms with Gasteiger partial charge < -0.3 is 10.1 Å². The molecule has 8 heteroatoms. The SMILES string of the molecule is CCCCCCCCCCCCCC(=O)NCC(=O)N/N=C/c1ccc(OC(=O)c2ccccc2Cl)cc1. The van der Waals surface area contributed by atoms with Crippen molar-refractivity contribution in [3.63, 3.8) is 0 Å². The third-order valence-electron chi connectivity index (χ3n) is 6.04. The van der Waals surface area contributed by atoms with Crippen LogP contribution in [0.2, 0.25) is 5.02 Å². The lowest BCUT2D eigenvalue weighted by atomic mass is 10.1. The molecule has 0 aliphatic rings. The molecule has 0 unspecified atom stereocenters. The van der Waals surface area contributed by atoms with Crippen molar-refractivity contribution in [3.05, 3.63) is 64.7 Å². The molecule has 0 aliphatic carbocycles. The molecule has 0 fully saturated rings. The fourth-order valence-corrected chi connectivity index (χ4v) is 4.06. The van der Waals surface area contributed by atoms with Crippen molar-refractivity contribution in [2.45, 2.75) is 84.0 Å². The van der Waals surface area contributed by atoms with E-state index in [9.17, 15) is 14.4 Å². The van der Waals surface area contributed by atoms with Crippen molar-refractivity contribution in [1.29, 1.82) is 0 Å². The number of carbonyl (C=O) groups excluding carboxylic acids is 3. The van der Waals surface area contributed by atoms with Crippen LogP contribution in [0.1, 0.15) is 99.9 Å². The Morgan fingerprint density at radius 2 is 1.42 bits per heavy atom. The first-order chi connectivity index (χ1) is 18.5. The Bertz CT molecular complexity index is 1020. The van der Waals surface area contributed by atoms with Crippen LogP contribution in [0.25, 0.3) is 0 Å². The Labute approximate surface area is 231 Å². The average molecular weight is 542 g/mol. The number of hydrogen-bond donors (Lipinski definition) is 2. The van der Waals surface area contributed by atoms with Crippen molar-refractivity contribution < 1.29 is 19.1 Å². The normalized spacial score (nSPS) is 10.9. The van der Waals surface area contributed by atoms with Gasteiger partial charge >= 0.3 is 5.97 Å². The number of amides is 2. The number of halogens is 1. The lowest BCUT2D eigenvalue weighted by Crippen LogP contribution is -2.34. The summed E-state index contributed by atoms with van der Waals surface area (Å²) in [5.41, 5.74) is 3.37. The summed E-state index contributed by atoms with van der Waals surface area (Å²) in [5, 5.41) is 6.85. The molecule has 0 radical (unpaired) electrons. The Kier molecular flexibility index (Phi) is 15.5. The van der Waals surface area contributed by atoms with E-state index in [0.29, 0.717) is 22.8 Å². The summed E-state index contributed by atoms with van der Waals surface area (Å²) in [4.78, 5) is 36.1. The van der Waals surface area contributed by atoms with Gasteiger partial charge in [-0.15, -0.1) is 0 Å². The zero-order valence-corrected chi connectivity index (χ0v) is 23.1. The van der Waals surface area contributed by atoms with E-state index in [1.165, 1.54) is 57.6 Å². The van der Waals surface area contributed by atoms with Crippen molar-refractivity contribution >= 4 is 35.6 Å². The third kappa shape index (κ3) is 13.4. The summed E-state index contributed by atoms with van der Waals surface area (Å²) in [5.74, 6) is -0.716.